The van der Waals surface area contributed by atoms with E-state index in [1.165, 1.54) is 5.56 Å². The summed E-state index contributed by atoms with van der Waals surface area (Å²) >= 11 is 0. The van der Waals surface area contributed by atoms with Gasteiger partial charge in [0, 0.05) is 25.2 Å². The minimum Gasteiger partial charge on any atom is -0.335 e. The monoisotopic (exact) mass is 418 g/mol. The molecule has 1 aromatic heterocycles. The van der Waals surface area contributed by atoms with Crippen molar-refractivity contribution in [1.82, 2.24) is 14.9 Å². The van der Waals surface area contributed by atoms with Gasteiger partial charge in [-0.05, 0) is 43.2 Å². The Hall–Kier alpha value is -3.48. The number of para-hydroxylation sites is 1. The van der Waals surface area contributed by atoms with Crippen LogP contribution in [0.1, 0.15) is 31.7 Å². The maximum absolute atomic E-state index is 13.2. The fraction of sp³-hybridized carbons (Fsp3) is 0.333. The van der Waals surface area contributed by atoms with Crippen molar-refractivity contribution in [2.45, 2.75) is 33.2 Å². The Labute approximate surface area is 180 Å². The Bertz CT molecular complexity index is 1170. The van der Waals surface area contributed by atoms with E-state index in [-0.39, 0.29) is 30.3 Å². The highest BCUT2D eigenvalue weighted by Crippen LogP contribution is 2.27. The third kappa shape index (κ3) is 4.21. The van der Waals surface area contributed by atoms with Crippen LogP contribution in [-0.4, -0.2) is 39.8 Å². The molecule has 1 fully saturated rings. The lowest BCUT2D eigenvalue weighted by atomic mass is 10.1. The van der Waals surface area contributed by atoms with Gasteiger partial charge in [0.2, 0.25) is 11.8 Å². The number of amides is 2. The number of rotatable bonds is 6. The molecule has 7 heteroatoms. The zero-order valence-electron chi connectivity index (χ0n) is 17.8. The molecule has 2 heterocycles. The Morgan fingerprint density at radius 2 is 1.87 bits per heavy atom. The molecule has 1 N–H and O–H groups in total. The predicted molar refractivity (Wildman–Crippen MR) is 120 cm³/mol. The van der Waals surface area contributed by atoms with E-state index in [2.05, 4.69) is 16.9 Å². The van der Waals surface area contributed by atoms with Gasteiger partial charge in [0.05, 0.1) is 23.4 Å². The normalized spacial score (nSPS) is 16.1. The van der Waals surface area contributed by atoms with E-state index >= 15 is 0 Å². The molecule has 0 radical (unpaired) electrons. The van der Waals surface area contributed by atoms with E-state index in [0.717, 1.165) is 12.1 Å². The van der Waals surface area contributed by atoms with Crippen LogP contribution in [0.5, 0.6) is 0 Å². The van der Waals surface area contributed by atoms with Crippen molar-refractivity contribution >= 4 is 28.4 Å². The third-order valence-electron chi connectivity index (χ3n) is 5.83. The summed E-state index contributed by atoms with van der Waals surface area (Å²) in [5.41, 5.74) is 2.41. The van der Waals surface area contributed by atoms with Crippen molar-refractivity contribution in [2.75, 3.05) is 18.0 Å². The topological polar surface area (TPSA) is 86.4 Å². The van der Waals surface area contributed by atoms with Crippen molar-refractivity contribution in [2.24, 2.45) is 5.92 Å². The quantitative estimate of drug-likeness (QED) is 0.667. The number of fused-ring (bicyclic) bond motifs is 1. The van der Waals surface area contributed by atoms with Crippen LogP contribution >= 0.6 is 0 Å². The SMILES string of the molecule is CCc1ccc(N2CC(C(=O)N(CC)Cc3nc4ccccc4c(=O)[nH]3)CC2=O)cc1. The largest absolute Gasteiger partial charge is 0.335 e. The van der Waals surface area contributed by atoms with E-state index in [1.54, 1.807) is 28.0 Å². The van der Waals surface area contributed by atoms with Crippen LogP contribution in [0, 0.1) is 5.92 Å². The van der Waals surface area contributed by atoms with Crippen LogP contribution in [0.2, 0.25) is 0 Å². The lowest BCUT2D eigenvalue weighted by molar-refractivity contribution is -0.136. The van der Waals surface area contributed by atoms with Crippen molar-refractivity contribution in [3.8, 4) is 0 Å². The molecule has 2 aromatic carbocycles. The minimum atomic E-state index is -0.412. The van der Waals surface area contributed by atoms with Gasteiger partial charge in [-0.25, -0.2) is 4.98 Å². The molecule has 0 spiro atoms. The van der Waals surface area contributed by atoms with Gasteiger partial charge in [0.1, 0.15) is 5.82 Å². The number of carbonyl (C=O) groups is 2. The second-order valence-electron chi connectivity index (χ2n) is 7.81. The van der Waals surface area contributed by atoms with Gasteiger partial charge < -0.3 is 14.8 Å². The van der Waals surface area contributed by atoms with Gasteiger partial charge in [-0.3, -0.25) is 14.4 Å². The summed E-state index contributed by atoms with van der Waals surface area (Å²) < 4.78 is 0. The van der Waals surface area contributed by atoms with E-state index in [0.29, 0.717) is 29.8 Å². The maximum atomic E-state index is 13.2. The van der Waals surface area contributed by atoms with Gasteiger partial charge >= 0.3 is 0 Å². The number of nitrogens with one attached hydrogen (secondary N) is 1. The van der Waals surface area contributed by atoms with Crippen molar-refractivity contribution in [3.63, 3.8) is 0 Å². The van der Waals surface area contributed by atoms with Crippen LogP contribution in [-0.2, 0) is 22.6 Å². The smallest absolute Gasteiger partial charge is 0.258 e. The summed E-state index contributed by atoms with van der Waals surface area (Å²) in [4.78, 5) is 48.7. The summed E-state index contributed by atoms with van der Waals surface area (Å²) in [7, 11) is 0. The molecule has 1 aliphatic rings. The molecular weight excluding hydrogens is 392 g/mol. The molecule has 1 unspecified atom stereocenters. The van der Waals surface area contributed by atoms with Crippen LogP contribution in [0.4, 0.5) is 5.69 Å². The zero-order chi connectivity index (χ0) is 22.0. The molecule has 160 valence electrons. The number of aromatic amines is 1. The Balaban J connectivity index is 1.50. The average molecular weight is 418 g/mol. The fourth-order valence-corrected chi connectivity index (χ4v) is 4.03. The van der Waals surface area contributed by atoms with E-state index in [4.69, 9.17) is 0 Å². The molecule has 2 amide bonds. The van der Waals surface area contributed by atoms with Crippen molar-refractivity contribution in [1.29, 1.82) is 0 Å². The summed E-state index contributed by atoms with van der Waals surface area (Å²) in [5.74, 6) is -0.115. The molecule has 3 aromatic rings. The number of nitrogens with zero attached hydrogens (tertiary/aromatic N) is 3. The van der Waals surface area contributed by atoms with Gasteiger partial charge in [-0.15, -0.1) is 0 Å². The number of aromatic nitrogens is 2. The first-order valence-electron chi connectivity index (χ1n) is 10.7. The Morgan fingerprint density at radius 3 is 2.58 bits per heavy atom. The summed E-state index contributed by atoms with van der Waals surface area (Å²) in [6, 6.07) is 15.0. The van der Waals surface area contributed by atoms with Crippen LogP contribution in [0.3, 0.4) is 0 Å². The van der Waals surface area contributed by atoms with Crippen LogP contribution in [0.15, 0.2) is 53.3 Å². The summed E-state index contributed by atoms with van der Waals surface area (Å²) in [5, 5.41) is 0.520. The number of hydrogen-bond acceptors (Lipinski definition) is 4. The number of benzene rings is 2. The molecule has 0 saturated carbocycles. The molecule has 7 nitrogen and oxygen atoms in total. The van der Waals surface area contributed by atoms with Crippen molar-refractivity contribution in [3.05, 3.63) is 70.3 Å². The first-order chi connectivity index (χ1) is 15.0. The first kappa shape index (κ1) is 20.8. The van der Waals surface area contributed by atoms with Gasteiger partial charge in [-0.1, -0.05) is 31.2 Å². The second kappa shape index (κ2) is 8.71. The van der Waals surface area contributed by atoms with E-state index < -0.39 is 5.92 Å². The molecule has 4 rings (SSSR count). The lowest BCUT2D eigenvalue weighted by Crippen LogP contribution is -2.37. The fourth-order valence-electron chi connectivity index (χ4n) is 4.03. The minimum absolute atomic E-state index is 0.0455. The molecule has 1 saturated heterocycles. The molecule has 1 aliphatic heterocycles. The Morgan fingerprint density at radius 1 is 1.13 bits per heavy atom. The first-order valence-corrected chi connectivity index (χ1v) is 10.7. The molecule has 0 aliphatic carbocycles. The highest BCUT2D eigenvalue weighted by molar-refractivity contribution is 6.00. The number of hydrogen-bond donors (Lipinski definition) is 1. The van der Waals surface area contributed by atoms with Crippen LogP contribution < -0.4 is 10.5 Å². The number of anilines is 1. The zero-order valence-corrected chi connectivity index (χ0v) is 17.8. The highest BCUT2D eigenvalue weighted by atomic mass is 16.2. The summed E-state index contributed by atoms with van der Waals surface area (Å²) in [6.45, 7) is 4.99. The molecule has 0 bridgehead atoms. The van der Waals surface area contributed by atoms with Crippen LogP contribution in [0.25, 0.3) is 10.9 Å². The average Bonchev–Trinajstić information content (AvgIpc) is 3.18. The summed E-state index contributed by atoms with van der Waals surface area (Å²) in [6.07, 6.45) is 1.12. The molecular formula is C24H26N4O3. The van der Waals surface area contributed by atoms with E-state index in [9.17, 15) is 14.4 Å². The predicted octanol–water partition coefficient (Wildman–Crippen LogP) is 2.89. The Kier molecular flexibility index (Phi) is 5.84. The van der Waals surface area contributed by atoms with Crippen molar-refractivity contribution < 1.29 is 9.59 Å². The highest BCUT2D eigenvalue weighted by Gasteiger charge is 2.37. The second-order valence-corrected chi connectivity index (χ2v) is 7.81. The standard InChI is InChI=1S/C24H26N4O3/c1-3-16-9-11-18(12-10-16)28-14-17(13-22(28)29)24(31)27(4-2)15-21-25-20-8-6-5-7-19(20)23(30)26-21/h5-12,17H,3-4,13-15H2,1-2H3,(H,25,26,30). The van der Waals surface area contributed by atoms with Gasteiger partial charge in [0.25, 0.3) is 5.56 Å². The number of carbonyl (C=O) groups excluding carboxylic acids is 2. The number of H-pyrrole nitrogens is 1. The lowest BCUT2D eigenvalue weighted by Gasteiger charge is -2.24. The van der Waals surface area contributed by atoms with E-state index in [1.807, 2.05) is 37.3 Å². The van der Waals surface area contributed by atoms with Gasteiger partial charge in [0.15, 0.2) is 0 Å². The molecule has 31 heavy (non-hydrogen) atoms. The molecule has 1 atom stereocenters. The van der Waals surface area contributed by atoms with Gasteiger partial charge in [-0.2, -0.15) is 0 Å². The third-order valence-corrected chi connectivity index (χ3v) is 5.83. The maximum Gasteiger partial charge on any atom is 0.258 e. The number of aryl methyl sites for hydroxylation is 1.